The number of piperidine rings is 1. The Morgan fingerprint density at radius 3 is 2.41 bits per heavy atom. The van der Waals surface area contributed by atoms with Gasteiger partial charge >= 0.3 is 0 Å². The molecule has 1 amide bonds. The highest BCUT2D eigenvalue weighted by atomic mass is 35.5. The highest BCUT2D eigenvalue weighted by Gasteiger charge is 2.29. The molecule has 1 aliphatic heterocycles. The van der Waals surface area contributed by atoms with Crippen LogP contribution in [0.3, 0.4) is 0 Å². The number of carbonyl (C=O) groups excluding carboxylic acids is 1. The van der Waals surface area contributed by atoms with E-state index < -0.39 is 21.7 Å². The van der Waals surface area contributed by atoms with Gasteiger partial charge in [0.25, 0.3) is 5.91 Å². The number of sulfonamides is 1. The minimum absolute atomic E-state index is 0.0836. The fraction of sp³-hybridized carbons (Fsp3) is 0.316. The lowest BCUT2D eigenvalue weighted by Gasteiger charge is -2.29. The summed E-state index contributed by atoms with van der Waals surface area (Å²) in [5, 5.41) is 3.05. The minimum Gasteiger partial charge on any atom is -0.322 e. The molecule has 0 bridgehead atoms. The number of benzene rings is 2. The average molecular weight is 411 g/mol. The van der Waals surface area contributed by atoms with Crippen molar-refractivity contribution in [2.75, 3.05) is 18.4 Å². The van der Waals surface area contributed by atoms with E-state index in [0.29, 0.717) is 29.7 Å². The zero-order valence-electron chi connectivity index (χ0n) is 14.8. The zero-order chi connectivity index (χ0) is 19.6. The molecule has 1 fully saturated rings. The maximum absolute atomic E-state index is 14.2. The first kappa shape index (κ1) is 19.8. The summed E-state index contributed by atoms with van der Waals surface area (Å²) >= 11 is 5.80. The van der Waals surface area contributed by atoms with Crippen molar-refractivity contribution in [1.82, 2.24) is 4.31 Å². The average Bonchev–Trinajstić information content (AvgIpc) is 2.64. The van der Waals surface area contributed by atoms with E-state index in [4.69, 9.17) is 11.6 Å². The van der Waals surface area contributed by atoms with Crippen molar-refractivity contribution in [3.63, 3.8) is 0 Å². The van der Waals surface area contributed by atoms with Crippen LogP contribution >= 0.6 is 11.6 Å². The van der Waals surface area contributed by atoms with E-state index >= 15 is 0 Å². The fourth-order valence-electron chi connectivity index (χ4n) is 2.94. The molecule has 5 nitrogen and oxygen atoms in total. The summed E-state index contributed by atoms with van der Waals surface area (Å²) < 4.78 is 41.2. The van der Waals surface area contributed by atoms with E-state index in [-0.39, 0.29) is 10.5 Å². The van der Waals surface area contributed by atoms with Gasteiger partial charge in [-0.25, -0.2) is 12.8 Å². The molecule has 0 unspecified atom stereocenters. The Bertz CT molecular complexity index is 940. The van der Waals surface area contributed by atoms with Crippen LogP contribution in [0.5, 0.6) is 0 Å². The summed E-state index contributed by atoms with van der Waals surface area (Å²) in [5.41, 5.74) is 0.110. The van der Waals surface area contributed by atoms with Crippen molar-refractivity contribution in [2.24, 2.45) is 5.92 Å². The van der Waals surface area contributed by atoms with Crippen molar-refractivity contribution < 1.29 is 17.6 Å². The molecule has 3 rings (SSSR count). The Labute approximate surface area is 163 Å². The molecule has 1 N–H and O–H groups in total. The molecule has 2 aromatic rings. The summed E-state index contributed by atoms with van der Waals surface area (Å²) in [6.07, 6.45) is 1.56. The third-order valence-corrected chi connectivity index (χ3v) is 6.81. The van der Waals surface area contributed by atoms with Crippen LogP contribution in [0, 0.1) is 11.7 Å². The monoisotopic (exact) mass is 410 g/mol. The quantitative estimate of drug-likeness (QED) is 0.823. The number of nitrogens with one attached hydrogen (secondary N) is 1. The van der Waals surface area contributed by atoms with Crippen LogP contribution in [0.25, 0.3) is 0 Å². The van der Waals surface area contributed by atoms with Crippen LogP contribution < -0.4 is 5.32 Å². The fourth-order valence-corrected chi connectivity index (χ4v) is 4.57. The summed E-state index contributed by atoms with van der Waals surface area (Å²) in [6.45, 7) is 2.93. The Morgan fingerprint density at radius 1 is 1.15 bits per heavy atom. The van der Waals surface area contributed by atoms with Crippen molar-refractivity contribution in [2.45, 2.75) is 24.7 Å². The van der Waals surface area contributed by atoms with Crippen molar-refractivity contribution in [3.05, 3.63) is 58.9 Å². The molecule has 1 saturated heterocycles. The van der Waals surface area contributed by atoms with Gasteiger partial charge < -0.3 is 5.32 Å². The molecule has 0 atom stereocenters. The molecule has 1 heterocycles. The van der Waals surface area contributed by atoms with E-state index in [2.05, 4.69) is 12.2 Å². The van der Waals surface area contributed by atoms with E-state index in [1.807, 2.05) is 0 Å². The minimum atomic E-state index is -3.77. The molecule has 27 heavy (non-hydrogen) atoms. The van der Waals surface area contributed by atoms with Gasteiger partial charge in [0.05, 0.1) is 10.5 Å². The highest BCUT2D eigenvalue weighted by Crippen LogP contribution is 2.25. The number of anilines is 1. The van der Waals surface area contributed by atoms with Crippen molar-refractivity contribution >= 4 is 33.2 Å². The first-order chi connectivity index (χ1) is 12.8. The lowest BCUT2D eigenvalue weighted by Crippen LogP contribution is -2.38. The Hall–Kier alpha value is -1.96. The van der Waals surface area contributed by atoms with Gasteiger partial charge in [-0.2, -0.15) is 4.31 Å². The predicted octanol–water partition coefficient (Wildman–Crippen LogP) is 4.15. The maximum Gasteiger partial charge on any atom is 0.258 e. The number of amides is 1. The van der Waals surface area contributed by atoms with Crippen LogP contribution in [0.15, 0.2) is 47.4 Å². The van der Waals surface area contributed by atoms with Gasteiger partial charge in [-0.3, -0.25) is 4.79 Å². The van der Waals surface area contributed by atoms with Crippen LogP contribution in [0.2, 0.25) is 5.02 Å². The van der Waals surface area contributed by atoms with Gasteiger partial charge in [-0.05, 0) is 61.2 Å². The third-order valence-electron chi connectivity index (χ3n) is 4.66. The highest BCUT2D eigenvalue weighted by molar-refractivity contribution is 7.89. The third kappa shape index (κ3) is 4.48. The number of hydrogen-bond donors (Lipinski definition) is 1. The van der Waals surface area contributed by atoms with Crippen LogP contribution in [0.4, 0.5) is 10.1 Å². The lowest BCUT2D eigenvalue weighted by molar-refractivity contribution is 0.102. The van der Waals surface area contributed by atoms with E-state index in [9.17, 15) is 17.6 Å². The first-order valence-electron chi connectivity index (χ1n) is 8.64. The SMILES string of the molecule is CC1CCN(S(=O)(=O)c2ccc(F)c(C(=O)Nc3ccc(Cl)cc3)c2)CC1. The number of halogens is 2. The topological polar surface area (TPSA) is 66.5 Å². The van der Waals surface area contributed by atoms with Gasteiger partial charge in [0.15, 0.2) is 0 Å². The van der Waals surface area contributed by atoms with Gasteiger partial charge in [-0.15, -0.1) is 0 Å². The van der Waals surface area contributed by atoms with Gasteiger partial charge in [0.2, 0.25) is 10.0 Å². The second-order valence-corrected chi connectivity index (χ2v) is 9.06. The number of carbonyl (C=O) groups is 1. The standard InChI is InChI=1S/C19H20ClFN2O3S/c1-13-8-10-23(11-9-13)27(25,26)16-6-7-18(21)17(12-16)19(24)22-15-4-2-14(20)3-5-15/h2-7,12-13H,8-11H2,1H3,(H,22,24). The second-order valence-electron chi connectivity index (χ2n) is 6.69. The van der Waals surface area contributed by atoms with E-state index in [0.717, 1.165) is 25.0 Å². The largest absolute Gasteiger partial charge is 0.322 e. The number of hydrogen-bond acceptors (Lipinski definition) is 3. The Balaban J connectivity index is 1.85. The molecule has 0 aromatic heterocycles. The molecular weight excluding hydrogens is 391 g/mol. The van der Waals surface area contributed by atoms with Crippen molar-refractivity contribution in [1.29, 1.82) is 0 Å². The molecule has 2 aromatic carbocycles. The lowest BCUT2D eigenvalue weighted by atomic mass is 10.0. The molecule has 0 aliphatic carbocycles. The molecule has 0 radical (unpaired) electrons. The molecular formula is C19H20ClFN2O3S. The molecule has 8 heteroatoms. The molecule has 144 valence electrons. The van der Waals surface area contributed by atoms with Crippen LogP contribution in [-0.4, -0.2) is 31.7 Å². The summed E-state index contributed by atoms with van der Waals surface area (Å²) in [5.74, 6) is -1.03. The zero-order valence-corrected chi connectivity index (χ0v) is 16.4. The van der Waals surface area contributed by atoms with Crippen molar-refractivity contribution in [3.8, 4) is 0 Å². The van der Waals surface area contributed by atoms with Crippen LogP contribution in [-0.2, 0) is 10.0 Å². The Morgan fingerprint density at radius 2 is 1.78 bits per heavy atom. The molecule has 0 saturated carbocycles. The number of nitrogens with zero attached hydrogens (tertiary/aromatic N) is 1. The second kappa shape index (κ2) is 7.96. The Kier molecular flexibility index (Phi) is 5.83. The van der Waals surface area contributed by atoms with E-state index in [1.165, 1.54) is 10.4 Å². The summed E-state index contributed by atoms with van der Waals surface area (Å²) in [7, 11) is -3.77. The van der Waals surface area contributed by atoms with Gasteiger partial charge in [0.1, 0.15) is 5.82 Å². The predicted molar refractivity (Wildman–Crippen MR) is 103 cm³/mol. The van der Waals surface area contributed by atoms with Crippen LogP contribution in [0.1, 0.15) is 30.1 Å². The molecule has 1 aliphatic rings. The van der Waals surface area contributed by atoms with Gasteiger partial charge in [-0.1, -0.05) is 18.5 Å². The maximum atomic E-state index is 14.2. The molecule has 0 spiro atoms. The van der Waals surface area contributed by atoms with Gasteiger partial charge in [0, 0.05) is 23.8 Å². The smallest absolute Gasteiger partial charge is 0.258 e. The number of rotatable bonds is 4. The van der Waals surface area contributed by atoms with E-state index in [1.54, 1.807) is 24.3 Å². The summed E-state index contributed by atoms with van der Waals surface area (Å²) in [4.78, 5) is 12.3. The normalized spacial score (nSPS) is 16.3. The summed E-state index contributed by atoms with van der Waals surface area (Å²) in [6, 6.07) is 9.63. The first-order valence-corrected chi connectivity index (χ1v) is 10.5.